The van der Waals surface area contributed by atoms with Crippen LogP contribution in [0.15, 0.2) is 72.9 Å². The number of benzene rings is 3. The number of hydrogen-bond acceptors (Lipinski definition) is 4. The van der Waals surface area contributed by atoms with Gasteiger partial charge in [-0.3, -0.25) is 9.48 Å². The lowest BCUT2D eigenvalue weighted by molar-refractivity contribution is 0.102. The standard InChI is InChI=1S/C24H22FN5O/c1-16-2-4-17(5-3-16)12-13-30-15-23(28-29-30)24(31)27-22-14-19(8-11-21(22)26)18-6-9-20(25)10-7-18/h2-11,14-15H,12-13,26H2,1H3,(H,27,31). The number of nitrogens with one attached hydrogen (secondary N) is 1. The van der Waals surface area contributed by atoms with E-state index in [0.717, 1.165) is 17.5 Å². The molecule has 31 heavy (non-hydrogen) atoms. The largest absolute Gasteiger partial charge is 0.397 e. The second-order valence-corrected chi connectivity index (χ2v) is 7.37. The molecule has 4 rings (SSSR count). The Hall–Kier alpha value is -4.00. The second-order valence-electron chi connectivity index (χ2n) is 7.37. The minimum atomic E-state index is -0.399. The first kappa shape index (κ1) is 20.3. The molecule has 0 bridgehead atoms. The van der Waals surface area contributed by atoms with Crippen molar-refractivity contribution in [2.45, 2.75) is 19.9 Å². The molecule has 7 heteroatoms. The first-order valence-corrected chi connectivity index (χ1v) is 9.90. The van der Waals surface area contributed by atoms with Crippen molar-refractivity contribution in [3.05, 3.63) is 95.6 Å². The summed E-state index contributed by atoms with van der Waals surface area (Å²) < 4.78 is 14.8. The molecule has 0 aliphatic rings. The minimum Gasteiger partial charge on any atom is -0.397 e. The van der Waals surface area contributed by atoms with E-state index in [0.29, 0.717) is 17.9 Å². The van der Waals surface area contributed by atoms with Gasteiger partial charge in [-0.05, 0) is 54.3 Å². The molecule has 6 nitrogen and oxygen atoms in total. The SMILES string of the molecule is Cc1ccc(CCn2cc(C(=O)Nc3cc(-c4ccc(F)cc4)ccc3N)nn2)cc1. The number of hydrogen-bond donors (Lipinski definition) is 2. The lowest BCUT2D eigenvalue weighted by Crippen LogP contribution is -2.14. The van der Waals surface area contributed by atoms with Gasteiger partial charge in [0, 0.05) is 6.54 Å². The van der Waals surface area contributed by atoms with Crippen molar-refractivity contribution >= 4 is 17.3 Å². The number of carbonyl (C=O) groups is 1. The van der Waals surface area contributed by atoms with E-state index in [4.69, 9.17) is 5.73 Å². The van der Waals surface area contributed by atoms with E-state index >= 15 is 0 Å². The van der Waals surface area contributed by atoms with Gasteiger partial charge in [0.1, 0.15) is 5.82 Å². The van der Waals surface area contributed by atoms with Gasteiger partial charge < -0.3 is 11.1 Å². The molecule has 0 radical (unpaired) electrons. The summed E-state index contributed by atoms with van der Waals surface area (Å²) in [5.74, 6) is -0.706. The molecule has 3 N–H and O–H groups in total. The van der Waals surface area contributed by atoms with Crippen molar-refractivity contribution < 1.29 is 9.18 Å². The van der Waals surface area contributed by atoms with E-state index in [-0.39, 0.29) is 11.5 Å². The molecule has 1 heterocycles. The maximum absolute atomic E-state index is 13.2. The Kier molecular flexibility index (Phi) is 5.75. The number of rotatable bonds is 6. The van der Waals surface area contributed by atoms with Crippen molar-refractivity contribution in [2.24, 2.45) is 0 Å². The average molecular weight is 415 g/mol. The number of nitrogens with zero attached hydrogens (tertiary/aromatic N) is 3. The predicted octanol–water partition coefficient (Wildman–Crippen LogP) is 4.47. The molecule has 4 aromatic rings. The molecule has 0 saturated carbocycles. The average Bonchev–Trinajstić information content (AvgIpc) is 3.25. The summed E-state index contributed by atoms with van der Waals surface area (Å²) >= 11 is 0. The predicted molar refractivity (Wildman–Crippen MR) is 119 cm³/mol. The summed E-state index contributed by atoms with van der Waals surface area (Å²) in [6.45, 7) is 2.67. The Morgan fingerprint density at radius 3 is 2.48 bits per heavy atom. The highest BCUT2D eigenvalue weighted by Gasteiger charge is 2.13. The van der Waals surface area contributed by atoms with E-state index < -0.39 is 5.91 Å². The number of aromatic nitrogens is 3. The Balaban J connectivity index is 1.44. The summed E-state index contributed by atoms with van der Waals surface area (Å²) in [5.41, 5.74) is 11.2. The van der Waals surface area contributed by atoms with Crippen molar-refractivity contribution in [1.82, 2.24) is 15.0 Å². The molecular formula is C24H22FN5O. The number of anilines is 2. The topological polar surface area (TPSA) is 85.8 Å². The Morgan fingerprint density at radius 2 is 1.74 bits per heavy atom. The van der Waals surface area contributed by atoms with Crippen LogP contribution in [0.5, 0.6) is 0 Å². The third-order valence-electron chi connectivity index (χ3n) is 5.00. The van der Waals surface area contributed by atoms with Crippen LogP contribution < -0.4 is 11.1 Å². The summed E-state index contributed by atoms with van der Waals surface area (Å²) in [6, 6.07) is 19.7. The Labute approximate surface area is 179 Å². The van der Waals surface area contributed by atoms with Crippen LogP contribution in [-0.2, 0) is 13.0 Å². The fourth-order valence-corrected chi connectivity index (χ4v) is 3.18. The molecule has 1 amide bonds. The maximum atomic E-state index is 13.2. The maximum Gasteiger partial charge on any atom is 0.277 e. The zero-order valence-electron chi connectivity index (χ0n) is 17.0. The van der Waals surface area contributed by atoms with E-state index in [9.17, 15) is 9.18 Å². The highest BCUT2D eigenvalue weighted by molar-refractivity contribution is 6.04. The summed E-state index contributed by atoms with van der Waals surface area (Å²) in [4.78, 5) is 12.7. The number of halogens is 1. The molecule has 0 aliphatic heterocycles. The van der Waals surface area contributed by atoms with Crippen LogP contribution >= 0.6 is 0 Å². The third kappa shape index (κ3) is 4.95. The van der Waals surface area contributed by atoms with Gasteiger partial charge in [-0.15, -0.1) is 5.10 Å². The highest BCUT2D eigenvalue weighted by atomic mass is 19.1. The number of amides is 1. The fourth-order valence-electron chi connectivity index (χ4n) is 3.18. The molecule has 3 aromatic carbocycles. The number of nitrogen functional groups attached to an aromatic ring is 1. The van der Waals surface area contributed by atoms with Gasteiger partial charge in [0.15, 0.2) is 5.69 Å². The van der Waals surface area contributed by atoms with Gasteiger partial charge in [-0.1, -0.05) is 53.2 Å². The van der Waals surface area contributed by atoms with Crippen molar-refractivity contribution in [3.63, 3.8) is 0 Å². The van der Waals surface area contributed by atoms with E-state index in [1.165, 1.54) is 23.3 Å². The van der Waals surface area contributed by atoms with E-state index in [1.807, 2.05) is 13.0 Å². The van der Waals surface area contributed by atoms with E-state index in [1.54, 1.807) is 35.1 Å². The van der Waals surface area contributed by atoms with Crippen LogP contribution in [-0.4, -0.2) is 20.9 Å². The van der Waals surface area contributed by atoms with Gasteiger partial charge >= 0.3 is 0 Å². The van der Waals surface area contributed by atoms with E-state index in [2.05, 4.69) is 39.9 Å². The Bertz CT molecular complexity index is 1200. The zero-order chi connectivity index (χ0) is 21.8. The van der Waals surface area contributed by atoms with Gasteiger partial charge in [0.25, 0.3) is 5.91 Å². The Morgan fingerprint density at radius 1 is 1.03 bits per heavy atom. The van der Waals surface area contributed by atoms with Gasteiger partial charge in [-0.2, -0.15) is 0 Å². The molecule has 1 aromatic heterocycles. The van der Waals surface area contributed by atoms with Crippen LogP contribution in [0, 0.1) is 12.7 Å². The molecule has 0 spiro atoms. The highest BCUT2D eigenvalue weighted by Crippen LogP contribution is 2.27. The summed E-state index contributed by atoms with van der Waals surface area (Å²) in [6.07, 6.45) is 2.40. The second kappa shape index (κ2) is 8.79. The molecule has 0 saturated heterocycles. The van der Waals surface area contributed by atoms with Crippen LogP contribution in [0.4, 0.5) is 15.8 Å². The van der Waals surface area contributed by atoms with Crippen LogP contribution in [0.2, 0.25) is 0 Å². The van der Waals surface area contributed by atoms with Gasteiger partial charge in [-0.25, -0.2) is 4.39 Å². The molecule has 0 fully saturated rings. The van der Waals surface area contributed by atoms with Gasteiger partial charge in [0.05, 0.1) is 17.6 Å². The first-order chi connectivity index (χ1) is 15.0. The lowest BCUT2D eigenvalue weighted by atomic mass is 10.0. The zero-order valence-corrected chi connectivity index (χ0v) is 17.0. The van der Waals surface area contributed by atoms with Crippen LogP contribution in [0.1, 0.15) is 21.6 Å². The smallest absolute Gasteiger partial charge is 0.277 e. The summed E-state index contributed by atoms with van der Waals surface area (Å²) in [5, 5.41) is 10.8. The minimum absolute atomic E-state index is 0.204. The lowest BCUT2D eigenvalue weighted by Gasteiger charge is -2.10. The van der Waals surface area contributed by atoms with Crippen LogP contribution in [0.25, 0.3) is 11.1 Å². The molecule has 156 valence electrons. The molecule has 0 aliphatic carbocycles. The third-order valence-corrected chi connectivity index (χ3v) is 5.00. The van der Waals surface area contributed by atoms with Crippen molar-refractivity contribution in [1.29, 1.82) is 0 Å². The summed E-state index contributed by atoms with van der Waals surface area (Å²) in [7, 11) is 0. The number of nitrogens with two attached hydrogens (primary N) is 1. The molecule has 0 unspecified atom stereocenters. The van der Waals surface area contributed by atoms with Crippen molar-refractivity contribution in [2.75, 3.05) is 11.1 Å². The fraction of sp³-hybridized carbons (Fsp3) is 0.125. The number of carbonyl (C=O) groups excluding carboxylic acids is 1. The van der Waals surface area contributed by atoms with Crippen molar-refractivity contribution in [3.8, 4) is 11.1 Å². The first-order valence-electron chi connectivity index (χ1n) is 9.90. The van der Waals surface area contributed by atoms with Crippen LogP contribution in [0.3, 0.4) is 0 Å². The molecular weight excluding hydrogens is 393 g/mol. The number of aryl methyl sites for hydroxylation is 3. The normalized spacial score (nSPS) is 10.8. The monoisotopic (exact) mass is 415 g/mol. The van der Waals surface area contributed by atoms with Gasteiger partial charge in [0.2, 0.25) is 0 Å². The quantitative estimate of drug-likeness (QED) is 0.455. The molecule has 0 atom stereocenters.